The zero-order valence-corrected chi connectivity index (χ0v) is 11.0. The van der Waals surface area contributed by atoms with Gasteiger partial charge in [-0.15, -0.1) is 0 Å². The van der Waals surface area contributed by atoms with Crippen molar-refractivity contribution in [2.24, 2.45) is 11.5 Å². The summed E-state index contributed by atoms with van der Waals surface area (Å²) in [5.41, 5.74) is 9.96. The second kappa shape index (κ2) is 9.92. The highest BCUT2D eigenvalue weighted by Crippen LogP contribution is 1.57. The van der Waals surface area contributed by atoms with Crippen LogP contribution < -0.4 is 21.3 Å². The summed E-state index contributed by atoms with van der Waals surface area (Å²) in [6.07, 6.45) is 0. The van der Waals surface area contributed by atoms with Crippen LogP contribution in [0.15, 0.2) is 0 Å². The smallest absolute Gasteiger partial charge is 0.290 e. The van der Waals surface area contributed by atoms with Crippen molar-refractivity contribution in [3.8, 4) is 0 Å². The fourth-order valence-electron chi connectivity index (χ4n) is 0. The van der Waals surface area contributed by atoms with Gasteiger partial charge in [-0.3, -0.25) is 18.2 Å². The van der Waals surface area contributed by atoms with E-state index >= 15 is 0 Å². The van der Waals surface area contributed by atoms with E-state index in [0.717, 1.165) is 9.80 Å². The zero-order valence-electron chi connectivity index (χ0n) is 10.2. The second-order valence-electron chi connectivity index (χ2n) is 3.24. The molecule has 0 spiro atoms. The largest absolute Gasteiger partial charge is 0.759 e. The fraction of sp³-hybridized carbons (Fsp3) is 0.667. The highest BCUT2D eigenvalue weighted by Gasteiger charge is 1.91. The van der Waals surface area contributed by atoms with E-state index in [1.54, 1.807) is 0 Å². The van der Waals surface area contributed by atoms with Crippen molar-refractivity contribution in [3.63, 3.8) is 0 Å². The van der Waals surface area contributed by atoms with Crippen molar-refractivity contribution >= 4 is 22.3 Å². The minimum absolute atomic E-state index is 0.176. The minimum Gasteiger partial charge on any atom is -0.759 e. The molecule has 0 unspecified atom stereocenters. The van der Waals surface area contributed by atoms with Crippen molar-refractivity contribution in [1.29, 1.82) is 10.8 Å². The molecule has 0 rings (SSSR count). The zero-order chi connectivity index (χ0) is 14.8. The molecule has 17 heavy (non-hydrogen) atoms. The Bertz CT molecular complexity index is 299. The lowest BCUT2D eigenvalue weighted by atomic mass is 10.8. The number of nitrogens with one attached hydrogen (secondary N) is 4. The van der Waals surface area contributed by atoms with Crippen LogP contribution in [0, 0.1) is 10.8 Å². The van der Waals surface area contributed by atoms with Gasteiger partial charge in [-0.25, -0.2) is 10.8 Å². The summed E-state index contributed by atoms with van der Waals surface area (Å²) >= 11 is 0. The lowest BCUT2D eigenvalue weighted by molar-refractivity contribution is -0.760. The van der Waals surface area contributed by atoms with E-state index in [0.29, 0.717) is 0 Å². The molecule has 0 heterocycles. The molecular weight excluding hydrogens is 252 g/mol. The number of rotatable bonds is 0. The average Bonchev–Trinajstić information content (AvgIpc) is 2.01. The Morgan fingerprint density at radius 2 is 1.00 bits per heavy atom. The van der Waals surface area contributed by atoms with E-state index in [-0.39, 0.29) is 11.9 Å². The molecule has 8 N–H and O–H groups in total. The summed E-state index contributed by atoms with van der Waals surface area (Å²) in [5, 5.41) is 13.4. The molecule has 11 heteroatoms. The molecule has 0 bridgehead atoms. The topological polar surface area (TPSA) is 189 Å². The molecule has 0 saturated carbocycles. The van der Waals surface area contributed by atoms with E-state index in [2.05, 4.69) is 0 Å². The van der Waals surface area contributed by atoms with E-state index in [9.17, 15) is 0 Å². The lowest BCUT2D eigenvalue weighted by Crippen LogP contribution is -3.10. The maximum absolute atomic E-state index is 8.52. The van der Waals surface area contributed by atoms with E-state index in [1.165, 1.54) is 0 Å². The van der Waals surface area contributed by atoms with Gasteiger partial charge in [0, 0.05) is 10.4 Å². The van der Waals surface area contributed by atoms with Crippen LogP contribution in [0.2, 0.25) is 0 Å². The first-order valence-corrected chi connectivity index (χ1v) is 5.58. The second-order valence-corrected chi connectivity index (χ2v) is 4.05. The van der Waals surface area contributed by atoms with Crippen LogP contribution in [-0.4, -0.2) is 57.6 Å². The molecule has 104 valence electrons. The monoisotopic (exact) mass is 272 g/mol. The highest BCUT2D eigenvalue weighted by atomic mass is 32.3. The van der Waals surface area contributed by atoms with E-state index in [4.69, 9.17) is 39.8 Å². The number of nitrogens with two attached hydrogens (primary N) is 2. The Morgan fingerprint density at radius 3 is 1.00 bits per heavy atom. The Morgan fingerprint density at radius 1 is 0.941 bits per heavy atom. The molecule has 10 nitrogen and oxygen atoms in total. The average molecular weight is 272 g/mol. The van der Waals surface area contributed by atoms with Crippen LogP contribution in [0.3, 0.4) is 0 Å². The van der Waals surface area contributed by atoms with Crippen LogP contribution in [0.25, 0.3) is 0 Å². The van der Waals surface area contributed by atoms with Crippen molar-refractivity contribution in [2.45, 2.75) is 0 Å². The third kappa shape index (κ3) is 52.7. The van der Waals surface area contributed by atoms with Gasteiger partial charge in [0.25, 0.3) is 11.9 Å². The number of quaternary nitrogens is 2. The van der Waals surface area contributed by atoms with Crippen LogP contribution in [0.4, 0.5) is 0 Å². The van der Waals surface area contributed by atoms with Crippen LogP contribution >= 0.6 is 0 Å². The van der Waals surface area contributed by atoms with Gasteiger partial charge < -0.3 is 20.6 Å². The van der Waals surface area contributed by atoms with Gasteiger partial charge in [-0.05, 0) is 0 Å². The number of hydrogen-bond donors (Lipinski definition) is 6. The molecule has 0 aliphatic heterocycles. The molecule has 0 aromatic heterocycles. The first-order valence-electron chi connectivity index (χ1n) is 4.24. The number of hydrogen-bond acceptors (Lipinski definition) is 6. The van der Waals surface area contributed by atoms with Gasteiger partial charge in [0.15, 0.2) is 0 Å². The van der Waals surface area contributed by atoms with E-state index in [1.807, 2.05) is 28.2 Å². The predicted octanol–water partition coefficient (Wildman–Crippen LogP) is -5.29. The van der Waals surface area contributed by atoms with Gasteiger partial charge in [0.2, 0.25) is 0 Å². The molecule has 0 aromatic carbocycles. The van der Waals surface area contributed by atoms with Crippen LogP contribution in [-0.2, 0) is 10.4 Å². The summed E-state index contributed by atoms with van der Waals surface area (Å²) < 4.78 is 34.1. The normalized spacial score (nSPS) is 9.88. The maximum Gasteiger partial charge on any atom is 0.290 e. The maximum atomic E-state index is 8.52. The Labute approximate surface area is 101 Å². The lowest BCUT2D eigenvalue weighted by Gasteiger charge is -2.06. The molecule has 0 radical (unpaired) electrons. The molecule has 0 saturated heterocycles. The van der Waals surface area contributed by atoms with Crippen LogP contribution in [0.5, 0.6) is 0 Å². The van der Waals surface area contributed by atoms with Crippen molar-refractivity contribution < 1.29 is 27.3 Å². The summed E-state index contributed by atoms with van der Waals surface area (Å²) in [6, 6.07) is 0. The Balaban J connectivity index is -0.000000174. The van der Waals surface area contributed by atoms with Gasteiger partial charge in [-0.1, -0.05) is 0 Å². The third-order valence-electron chi connectivity index (χ3n) is 1.08. The van der Waals surface area contributed by atoms with Gasteiger partial charge in [0.1, 0.15) is 0 Å². The first kappa shape index (κ1) is 21.1. The highest BCUT2D eigenvalue weighted by molar-refractivity contribution is 7.79. The van der Waals surface area contributed by atoms with Crippen molar-refractivity contribution in [1.82, 2.24) is 0 Å². The van der Waals surface area contributed by atoms with Gasteiger partial charge in [0.05, 0.1) is 28.2 Å². The molecule has 0 atom stereocenters. The van der Waals surface area contributed by atoms with Crippen molar-refractivity contribution in [3.05, 3.63) is 0 Å². The predicted molar refractivity (Wildman–Crippen MR) is 59.9 cm³/mol. The molecule has 0 aliphatic rings. The first-order chi connectivity index (χ1) is 7.29. The van der Waals surface area contributed by atoms with E-state index < -0.39 is 10.4 Å². The Kier molecular flexibility index (Phi) is 12.3. The molecule has 0 amide bonds. The quantitative estimate of drug-likeness (QED) is 0.110. The van der Waals surface area contributed by atoms with Gasteiger partial charge >= 0.3 is 0 Å². The summed E-state index contributed by atoms with van der Waals surface area (Å²) in [6.45, 7) is 0. The number of guanidine groups is 2. The van der Waals surface area contributed by atoms with Gasteiger partial charge in [-0.2, -0.15) is 0 Å². The van der Waals surface area contributed by atoms with Crippen LogP contribution in [0.1, 0.15) is 0 Å². The third-order valence-corrected chi connectivity index (χ3v) is 1.08. The summed E-state index contributed by atoms with van der Waals surface area (Å²) in [7, 11) is 2.06. The minimum atomic E-state index is -5.17. The van der Waals surface area contributed by atoms with Crippen molar-refractivity contribution in [2.75, 3.05) is 28.2 Å². The standard InChI is InChI=1S/2C3H9N3.H2O4S/c2*1-6(2)3(4)5;1-5(2,3)4/h2*1-2H3,(H3,4,5);(H2,1,2,3,4). The fourth-order valence-corrected chi connectivity index (χ4v) is 0. The SMILES string of the molecule is C[NH+](C)C(=N)N.C[NH+](C)C(=N)N.O=S(=O)([O-])[O-]. The molecular formula is C6H20N6O4S. The summed E-state index contributed by atoms with van der Waals surface area (Å²) in [5.74, 6) is 0.352. The molecule has 0 fully saturated rings. The summed E-state index contributed by atoms with van der Waals surface area (Å²) in [4.78, 5) is 1.74. The molecule has 0 aromatic rings. The Hall–Kier alpha value is -1.27. The molecule has 0 aliphatic carbocycles.